The Balaban J connectivity index is 2.15. The summed E-state index contributed by atoms with van der Waals surface area (Å²) in [6.45, 7) is 0. The van der Waals surface area contributed by atoms with E-state index in [1.165, 1.54) is 11.3 Å². The zero-order valence-corrected chi connectivity index (χ0v) is 14.3. The van der Waals surface area contributed by atoms with Crippen LogP contribution in [-0.4, -0.2) is 12.1 Å². The van der Waals surface area contributed by atoms with Crippen LogP contribution < -0.4 is 10.3 Å². The molecular formula is C20H14N2O2S. The van der Waals surface area contributed by atoms with Gasteiger partial charge in [0.2, 0.25) is 0 Å². The minimum absolute atomic E-state index is 0.0770. The highest BCUT2D eigenvalue weighted by atomic mass is 32.1. The molecule has 0 saturated carbocycles. The summed E-state index contributed by atoms with van der Waals surface area (Å²) >= 11 is 1.43. The predicted octanol–water partition coefficient (Wildman–Crippen LogP) is 4.48. The van der Waals surface area contributed by atoms with Crippen molar-refractivity contribution in [1.29, 1.82) is 5.26 Å². The van der Waals surface area contributed by atoms with Crippen LogP contribution in [0.15, 0.2) is 52.6 Å². The van der Waals surface area contributed by atoms with Crippen LogP contribution in [0.1, 0.15) is 5.56 Å². The first-order chi connectivity index (χ1) is 12.2. The maximum atomic E-state index is 12.3. The number of nitrogens with one attached hydrogen (secondary N) is 1. The van der Waals surface area contributed by atoms with Gasteiger partial charge in [-0.05, 0) is 40.8 Å². The Bertz CT molecular complexity index is 1200. The second-order valence-electron chi connectivity index (χ2n) is 5.72. The Hall–Kier alpha value is -3.10. The van der Waals surface area contributed by atoms with E-state index >= 15 is 0 Å². The molecule has 2 heterocycles. The number of pyridine rings is 1. The lowest BCUT2D eigenvalue weighted by atomic mass is 9.95. The minimum Gasteiger partial charge on any atom is -0.496 e. The van der Waals surface area contributed by atoms with Gasteiger partial charge in [0.05, 0.1) is 19.6 Å². The van der Waals surface area contributed by atoms with E-state index in [2.05, 4.69) is 11.1 Å². The lowest BCUT2D eigenvalue weighted by molar-refractivity contribution is 0.417. The van der Waals surface area contributed by atoms with Gasteiger partial charge in [-0.25, -0.2) is 0 Å². The molecule has 0 fully saturated rings. The van der Waals surface area contributed by atoms with Gasteiger partial charge >= 0.3 is 0 Å². The number of nitriles is 1. The molecule has 0 aliphatic heterocycles. The van der Waals surface area contributed by atoms with Crippen LogP contribution in [0.4, 0.5) is 0 Å². The summed E-state index contributed by atoms with van der Waals surface area (Å²) in [5, 5.41) is 12.8. The number of nitrogens with zero attached hydrogens (tertiary/aromatic N) is 1. The van der Waals surface area contributed by atoms with Gasteiger partial charge in [0.15, 0.2) is 0 Å². The third kappa shape index (κ3) is 2.48. The molecular weight excluding hydrogens is 332 g/mol. The van der Waals surface area contributed by atoms with E-state index in [4.69, 9.17) is 10.00 Å². The molecule has 0 unspecified atom stereocenters. The van der Waals surface area contributed by atoms with Crippen molar-refractivity contribution in [2.45, 2.75) is 6.42 Å². The molecule has 0 amide bonds. The van der Waals surface area contributed by atoms with E-state index in [1.54, 1.807) is 7.11 Å². The van der Waals surface area contributed by atoms with E-state index in [0.29, 0.717) is 11.1 Å². The average molecular weight is 346 g/mol. The summed E-state index contributed by atoms with van der Waals surface area (Å²) in [5.74, 6) is 0.737. The Labute approximate surface area is 147 Å². The van der Waals surface area contributed by atoms with Gasteiger partial charge in [0.25, 0.3) is 5.56 Å². The van der Waals surface area contributed by atoms with Gasteiger partial charge in [-0.1, -0.05) is 18.2 Å². The van der Waals surface area contributed by atoms with Crippen LogP contribution in [0.5, 0.6) is 5.75 Å². The fraction of sp³-hybridized carbons (Fsp3) is 0.100. The van der Waals surface area contributed by atoms with Crippen molar-refractivity contribution < 1.29 is 4.74 Å². The molecule has 0 radical (unpaired) electrons. The third-order valence-corrected chi connectivity index (χ3v) is 5.19. The summed E-state index contributed by atoms with van der Waals surface area (Å²) in [7, 11) is 1.64. The maximum Gasteiger partial charge on any atom is 0.266 e. The smallest absolute Gasteiger partial charge is 0.266 e. The quantitative estimate of drug-likeness (QED) is 0.594. The fourth-order valence-corrected chi connectivity index (χ4v) is 4.01. The third-order valence-electron chi connectivity index (χ3n) is 4.27. The van der Waals surface area contributed by atoms with Crippen molar-refractivity contribution in [3.05, 3.63) is 63.8 Å². The van der Waals surface area contributed by atoms with Gasteiger partial charge in [0.1, 0.15) is 10.4 Å². The van der Waals surface area contributed by atoms with Crippen LogP contribution in [0.25, 0.3) is 32.1 Å². The number of ether oxygens (including phenoxy) is 1. The number of fused-ring (bicyclic) bond motifs is 3. The first-order valence-electron chi connectivity index (χ1n) is 7.79. The average Bonchev–Trinajstić information content (AvgIpc) is 3.12. The number of hydrogen-bond donors (Lipinski definition) is 1. The lowest BCUT2D eigenvalue weighted by Crippen LogP contribution is -2.05. The van der Waals surface area contributed by atoms with Gasteiger partial charge in [-0.15, -0.1) is 11.3 Å². The highest BCUT2D eigenvalue weighted by Crippen LogP contribution is 2.40. The van der Waals surface area contributed by atoms with Crippen molar-refractivity contribution in [3.63, 3.8) is 0 Å². The highest BCUT2D eigenvalue weighted by Gasteiger charge is 2.16. The van der Waals surface area contributed by atoms with Crippen LogP contribution in [0, 0.1) is 11.3 Å². The predicted molar refractivity (Wildman–Crippen MR) is 101 cm³/mol. The zero-order valence-electron chi connectivity index (χ0n) is 13.5. The van der Waals surface area contributed by atoms with Crippen LogP contribution in [0.2, 0.25) is 0 Å². The normalized spacial score (nSPS) is 10.9. The molecule has 2 aromatic carbocycles. The van der Waals surface area contributed by atoms with Crippen molar-refractivity contribution in [3.8, 4) is 22.9 Å². The number of aromatic nitrogens is 1. The second kappa shape index (κ2) is 6.08. The number of H-pyrrole nitrogens is 1. The van der Waals surface area contributed by atoms with Crippen molar-refractivity contribution >= 4 is 32.3 Å². The molecule has 0 spiro atoms. The molecule has 0 saturated heterocycles. The van der Waals surface area contributed by atoms with Crippen LogP contribution >= 0.6 is 11.3 Å². The second-order valence-corrected chi connectivity index (χ2v) is 6.63. The summed E-state index contributed by atoms with van der Waals surface area (Å²) in [4.78, 5) is 15.2. The molecule has 1 N–H and O–H groups in total. The molecule has 25 heavy (non-hydrogen) atoms. The Kier molecular flexibility index (Phi) is 3.75. The summed E-state index contributed by atoms with van der Waals surface area (Å²) in [6, 6.07) is 15.8. The Morgan fingerprint density at radius 2 is 2.12 bits per heavy atom. The van der Waals surface area contributed by atoms with Crippen LogP contribution in [0.3, 0.4) is 0 Å². The van der Waals surface area contributed by atoms with Gasteiger partial charge in [0, 0.05) is 21.9 Å². The molecule has 4 aromatic rings. The molecule has 0 aliphatic carbocycles. The summed E-state index contributed by atoms with van der Waals surface area (Å²) in [5.41, 5.74) is 3.54. The molecule has 4 rings (SSSR count). The SMILES string of the molecule is COc1ccc2[nH]c(=O)c3sccc3c2c1-c1cccc(CC#N)c1. The molecule has 5 heteroatoms. The maximum absolute atomic E-state index is 12.3. The monoisotopic (exact) mass is 346 g/mol. The fourth-order valence-electron chi connectivity index (χ4n) is 3.21. The zero-order chi connectivity index (χ0) is 17.4. The molecule has 2 aromatic heterocycles. The Morgan fingerprint density at radius 3 is 2.92 bits per heavy atom. The van der Waals surface area contributed by atoms with Crippen LogP contribution in [-0.2, 0) is 6.42 Å². The largest absolute Gasteiger partial charge is 0.496 e. The number of methoxy groups -OCH3 is 1. The number of hydrogen-bond acceptors (Lipinski definition) is 4. The molecule has 122 valence electrons. The molecule has 4 nitrogen and oxygen atoms in total. The number of benzene rings is 2. The summed E-state index contributed by atoms with van der Waals surface area (Å²) in [6.07, 6.45) is 0.353. The summed E-state index contributed by atoms with van der Waals surface area (Å²) < 4.78 is 6.31. The van der Waals surface area contributed by atoms with E-state index in [9.17, 15) is 4.79 Å². The molecule has 0 atom stereocenters. The van der Waals surface area contributed by atoms with Crippen molar-refractivity contribution in [1.82, 2.24) is 4.98 Å². The van der Waals surface area contributed by atoms with E-state index in [1.807, 2.05) is 47.8 Å². The van der Waals surface area contributed by atoms with Gasteiger partial charge in [-0.3, -0.25) is 4.79 Å². The first kappa shape index (κ1) is 15.4. The van der Waals surface area contributed by atoms with Gasteiger partial charge in [-0.2, -0.15) is 5.26 Å². The minimum atomic E-state index is -0.0770. The molecule has 0 aliphatic rings. The first-order valence-corrected chi connectivity index (χ1v) is 8.67. The van der Waals surface area contributed by atoms with Crippen molar-refractivity contribution in [2.75, 3.05) is 7.11 Å². The number of aromatic amines is 1. The topological polar surface area (TPSA) is 65.9 Å². The molecule has 0 bridgehead atoms. The van der Waals surface area contributed by atoms with E-state index in [-0.39, 0.29) is 5.56 Å². The lowest BCUT2D eigenvalue weighted by Gasteiger charge is -2.14. The number of thiophene rings is 1. The highest BCUT2D eigenvalue weighted by molar-refractivity contribution is 7.17. The standard InChI is InChI=1S/C20H14N2O2S/c1-24-16-6-5-15-18(14-8-10-25-19(14)20(23)22-15)17(16)13-4-2-3-12(11-13)7-9-21/h2-6,8,10-11H,7H2,1H3,(H,22,23). The van der Waals surface area contributed by atoms with Crippen molar-refractivity contribution in [2.24, 2.45) is 0 Å². The number of rotatable bonds is 3. The van der Waals surface area contributed by atoms with E-state index in [0.717, 1.165) is 38.7 Å². The Morgan fingerprint density at radius 1 is 1.24 bits per heavy atom. The van der Waals surface area contributed by atoms with E-state index < -0.39 is 0 Å². The van der Waals surface area contributed by atoms with Gasteiger partial charge < -0.3 is 9.72 Å².